The molecule has 10 aromatic rings. The molecule has 0 radical (unpaired) electrons. The molecule has 0 fully saturated rings. The van der Waals surface area contributed by atoms with Crippen molar-refractivity contribution in [2.45, 2.75) is 33.1 Å². The summed E-state index contributed by atoms with van der Waals surface area (Å²) in [6, 6.07) is 69.0. The van der Waals surface area contributed by atoms with Gasteiger partial charge in [0.2, 0.25) is 0 Å². The van der Waals surface area contributed by atoms with E-state index in [9.17, 15) is 0 Å². The van der Waals surface area contributed by atoms with Crippen molar-refractivity contribution >= 4 is 21.9 Å². The average molecular weight is 773 g/mol. The van der Waals surface area contributed by atoms with Crippen LogP contribution in [0.3, 0.4) is 0 Å². The predicted molar refractivity (Wildman–Crippen MR) is 251 cm³/mol. The molecule has 0 aliphatic heterocycles. The lowest BCUT2D eigenvalue weighted by molar-refractivity contribution is 0.669. The lowest BCUT2D eigenvalue weighted by atomic mass is 9.82. The zero-order chi connectivity index (χ0) is 40.6. The maximum absolute atomic E-state index is 6.43. The molecule has 60 heavy (non-hydrogen) atoms. The van der Waals surface area contributed by atoms with Crippen molar-refractivity contribution in [2.24, 2.45) is 0 Å². The molecule has 2 heterocycles. The van der Waals surface area contributed by atoms with Crippen LogP contribution in [-0.4, -0.2) is 9.97 Å². The minimum absolute atomic E-state index is 0.374. The number of rotatable bonds is 9. The fourth-order valence-corrected chi connectivity index (χ4v) is 8.62. The number of fused-ring (bicyclic) bond motifs is 3. The van der Waals surface area contributed by atoms with Crippen molar-refractivity contribution in [3.63, 3.8) is 0 Å². The van der Waals surface area contributed by atoms with Crippen LogP contribution in [-0.2, 0) is 0 Å². The first-order valence-corrected chi connectivity index (χ1v) is 20.9. The maximum atomic E-state index is 6.43. The van der Waals surface area contributed by atoms with E-state index in [2.05, 4.69) is 191 Å². The van der Waals surface area contributed by atoms with Gasteiger partial charge in [-0.3, -0.25) is 0 Å². The van der Waals surface area contributed by atoms with Gasteiger partial charge in [0.15, 0.2) is 5.82 Å². The van der Waals surface area contributed by atoms with Gasteiger partial charge in [0.05, 0.1) is 11.4 Å². The number of furan rings is 1. The van der Waals surface area contributed by atoms with Crippen LogP contribution >= 0.6 is 0 Å². The van der Waals surface area contributed by atoms with Crippen molar-refractivity contribution in [2.75, 3.05) is 0 Å². The first-order chi connectivity index (χ1) is 29.5. The van der Waals surface area contributed by atoms with E-state index in [0.29, 0.717) is 11.7 Å². The van der Waals surface area contributed by atoms with Gasteiger partial charge < -0.3 is 4.42 Å². The highest BCUT2D eigenvalue weighted by Crippen LogP contribution is 2.44. The Bertz CT molecular complexity index is 3140. The van der Waals surface area contributed by atoms with Gasteiger partial charge in [-0.05, 0) is 111 Å². The van der Waals surface area contributed by atoms with E-state index < -0.39 is 0 Å². The highest BCUT2D eigenvalue weighted by molar-refractivity contribution is 6.12. The molecule has 1 atom stereocenters. The molecule has 2 aromatic heterocycles. The van der Waals surface area contributed by atoms with E-state index in [1.54, 1.807) is 0 Å². The van der Waals surface area contributed by atoms with E-state index >= 15 is 0 Å². The topological polar surface area (TPSA) is 38.9 Å². The van der Waals surface area contributed by atoms with E-state index in [-0.39, 0.29) is 0 Å². The third-order valence-corrected chi connectivity index (χ3v) is 12.0. The van der Waals surface area contributed by atoms with Crippen molar-refractivity contribution in [3.8, 4) is 78.4 Å². The molecule has 0 aliphatic rings. The Morgan fingerprint density at radius 2 is 1.00 bits per heavy atom. The van der Waals surface area contributed by atoms with Crippen molar-refractivity contribution in [1.82, 2.24) is 9.97 Å². The van der Waals surface area contributed by atoms with E-state index in [0.717, 1.165) is 73.1 Å². The van der Waals surface area contributed by atoms with Crippen molar-refractivity contribution in [1.29, 1.82) is 0 Å². The first-order valence-electron chi connectivity index (χ1n) is 20.9. The summed E-state index contributed by atoms with van der Waals surface area (Å²) in [5, 5.41) is 2.21. The lowest BCUT2D eigenvalue weighted by Gasteiger charge is -2.22. The van der Waals surface area contributed by atoms with Crippen LogP contribution in [0, 0.1) is 6.92 Å². The normalized spacial score (nSPS) is 11.9. The zero-order valence-corrected chi connectivity index (χ0v) is 34.1. The second-order valence-corrected chi connectivity index (χ2v) is 15.7. The molecule has 0 N–H and O–H groups in total. The number of para-hydroxylation sites is 1. The Kier molecular flexibility index (Phi) is 9.71. The van der Waals surface area contributed by atoms with Gasteiger partial charge >= 0.3 is 0 Å². The largest absolute Gasteiger partial charge is 0.456 e. The quantitative estimate of drug-likeness (QED) is 0.147. The van der Waals surface area contributed by atoms with Gasteiger partial charge in [0, 0.05) is 27.5 Å². The standard InChI is InChI=1S/C57H44N2O/c1-4-37(2)46-24-15-25-48(55(46)47-22-12-11-17-38(47)3)43-33-44(49-26-16-28-54-56(49)50-23-13-14-27-53(50)60-54)35-45(34-43)52-36-51(58-57(59-52)42-20-9-6-10-21-42)41-31-29-40(30-32-41)39-18-7-5-8-19-39/h5-37H,4H2,1-3H3. The van der Waals surface area contributed by atoms with Crippen LogP contribution in [0.1, 0.15) is 37.3 Å². The van der Waals surface area contributed by atoms with E-state index in [4.69, 9.17) is 14.4 Å². The van der Waals surface area contributed by atoms with Crippen LogP contribution in [0.15, 0.2) is 199 Å². The molecule has 0 amide bonds. The van der Waals surface area contributed by atoms with Gasteiger partial charge in [-0.15, -0.1) is 0 Å². The summed E-state index contributed by atoms with van der Waals surface area (Å²) in [5.41, 5.74) is 18.5. The van der Waals surface area contributed by atoms with E-state index in [1.807, 2.05) is 24.3 Å². The number of nitrogens with zero attached hydrogens (tertiary/aromatic N) is 2. The van der Waals surface area contributed by atoms with Crippen LogP contribution in [0.2, 0.25) is 0 Å². The highest BCUT2D eigenvalue weighted by atomic mass is 16.3. The molecule has 0 bridgehead atoms. The Balaban J connectivity index is 1.24. The summed E-state index contributed by atoms with van der Waals surface area (Å²) in [6.45, 7) is 6.84. The molecule has 8 aromatic carbocycles. The Morgan fingerprint density at radius 3 is 1.75 bits per heavy atom. The molecule has 0 aliphatic carbocycles. The SMILES string of the molecule is CCC(C)c1cccc(-c2cc(-c3cc(-c4ccc(-c5ccccc5)cc4)nc(-c4ccccc4)n3)cc(-c3cccc4oc5ccccc5c34)c2)c1-c1ccccc1C. The minimum Gasteiger partial charge on any atom is -0.456 e. The van der Waals surface area contributed by atoms with Crippen LogP contribution in [0.25, 0.3) is 100 Å². The summed E-state index contributed by atoms with van der Waals surface area (Å²) >= 11 is 0. The Labute approximate surface area is 351 Å². The average Bonchev–Trinajstić information content (AvgIpc) is 3.71. The fraction of sp³-hybridized carbons (Fsp3) is 0.0877. The molecule has 0 spiro atoms. The minimum atomic E-state index is 0.374. The molecular weight excluding hydrogens is 729 g/mol. The lowest BCUT2D eigenvalue weighted by Crippen LogP contribution is -2.00. The maximum Gasteiger partial charge on any atom is 0.160 e. The molecule has 10 rings (SSSR count). The number of hydrogen-bond donors (Lipinski definition) is 0. The molecule has 288 valence electrons. The summed E-state index contributed by atoms with van der Waals surface area (Å²) in [7, 11) is 0. The summed E-state index contributed by atoms with van der Waals surface area (Å²) in [4.78, 5) is 10.6. The van der Waals surface area contributed by atoms with Gasteiger partial charge in [0.1, 0.15) is 11.2 Å². The van der Waals surface area contributed by atoms with Crippen molar-refractivity contribution in [3.05, 3.63) is 205 Å². The first kappa shape index (κ1) is 36.9. The number of hydrogen-bond acceptors (Lipinski definition) is 3. The molecule has 0 saturated heterocycles. The summed E-state index contributed by atoms with van der Waals surface area (Å²) in [5.74, 6) is 1.06. The van der Waals surface area contributed by atoms with E-state index in [1.165, 1.54) is 38.9 Å². The van der Waals surface area contributed by atoms with Gasteiger partial charge in [0.25, 0.3) is 0 Å². The summed E-state index contributed by atoms with van der Waals surface area (Å²) < 4.78 is 6.43. The van der Waals surface area contributed by atoms with Gasteiger partial charge in [-0.25, -0.2) is 9.97 Å². The number of benzene rings is 8. The second kappa shape index (κ2) is 15.8. The molecule has 1 unspecified atom stereocenters. The van der Waals surface area contributed by atoms with Gasteiger partial charge in [-0.2, -0.15) is 0 Å². The zero-order valence-electron chi connectivity index (χ0n) is 34.1. The molecule has 3 heteroatoms. The third-order valence-electron chi connectivity index (χ3n) is 12.0. The molecule has 0 saturated carbocycles. The predicted octanol–water partition coefficient (Wildman–Crippen LogP) is 15.9. The van der Waals surface area contributed by atoms with Crippen LogP contribution in [0.5, 0.6) is 0 Å². The second-order valence-electron chi connectivity index (χ2n) is 15.7. The smallest absolute Gasteiger partial charge is 0.160 e. The Hall–Kier alpha value is -7.36. The number of aromatic nitrogens is 2. The summed E-state index contributed by atoms with van der Waals surface area (Å²) in [6.07, 6.45) is 1.04. The Morgan fingerprint density at radius 1 is 0.450 bits per heavy atom. The monoisotopic (exact) mass is 772 g/mol. The van der Waals surface area contributed by atoms with Crippen molar-refractivity contribution < 1.29 is 4.42 Å². The fourth-order valence-electron chi connectivity index (χ4n) is 8.62. The number of aryl methyl sites for hydroxylation is 1. The van der Waals surface area contributed by atoms with Gasteiger partial charge in [-0.1, -0.05) is 172 Å². The third kappa shape index (κ3) is 6.88. The van der Waals surface area contributed by atoms with Crippen LogP contribution in [0.4, 0.5) is 0 Å². The molecule has 3 nitrogen and oxygen atoms in total. The van der Waals surface area contributed by atoms with Crippen LogP contribution < -0.4 is 0 Å². The molecular formula is C57H44N2O. The highest BCUT2D eigenvalue weighted by Gasteiger charge is 2.21.